The molecule has 0 spiro atoms. The Labute approximate surface area is 108 Å². The molecule has 3 nitrogen and oxygen atoms in total. The third-order valence-corrected chi connectivity index (χ3v) is 5.17. The van der Waals surface area contributed by atoms with E-state index in [1.54, 1.807) is 6.07 Å². The monoisotopic (exact) mass is 266 g/mol. The normalized spacial score (nSPS) is 14.5. The summed E-state index contributed by atoms with van der Waals surface area (Å²) in [6.07, 6.45) is 3.90. The largest absolute Gasteiger partial charge is 0.300 e. The Morgan fingerprint density at radius 1 is 1.22 bits per heavy atom. The quantitative estimate of drug-likeness (QED) is 0.821. The van der Waals surface area contributed by atoms with Crippen LogP contribution in [0.2, 0.25) is 0 Å². The van der Waals surface area contributed by atoms with Gasteiger partial charge in [0.1, 0.15) is 5.78 Å². The fourth-order valence-electron chi connectivity index (χ4n) is 2.37. The van der Waals surface area contributed by atoms with Gasteiger partial charge in [0.15, 0.2) is 9.84 Å². The number of carbonyl (C=O) groups is 1. The molecular weight excluding hydrogens is 248 g/mol. The van der Waals surface area contributed by atoms with Crippen molar-refractivity contribution in [3.63, 3.8) is 0 Å². The second kappa shape index (κ2) is 5.22. The SMILES string of the molecule is CC(=O)CCCS(=O)(=O)c1ccc2c(c1)CCC2. The average Bonchev–Trinajstić information content (AvgIpc) is 2.74. The molecule has 0 unspecified atom stereocenters. The zero-order valence-electron chi connectivity index (χ0n) is 10.6. The molecule has 0 radical (unpaired) electrons. The minimum atomic E-state index is -3.23. The number of rotatable bonds is 5. The van der Waals surface area contributed by atoms with E-state index in [0.29, 0.717) is 17.7 Å². The van der Waals surface area contributed by atoms with Gasteiger partial charge in [0.2, 0.25) is 0 Å². The molecule has 1 aromatic carbocycles. The van der Waals surface area contributed by atoms with Crippen LogP contribution in [0.1, 0.15) is 37.3 Å². The van der Waals surface area contributed by atoms with E-state index < -0.39 is 9.84 Å². The van der Waals surface area contributed by atoms with E-state index in [0.717, 1.165) is 19.3 Å². The van der Waals surface area contributed by atoms with E-state index in [4.69, 9.17) is 0 Å². The van der Waals surface area contributed by atoms with Gasteiger partial charge in [0, 0.05) is 6.42 Å². The molecule has 0 amide bonds. The number of Topliss-reactive ketones (excluding diaryl/α,β-unsaturated/α-hetero) is 1. The highest BCUT2D eigenvalue weighted by molar-refractivity contribution is 7.91. The summed E-state index contributed by atoms with van der Waals surface area (Å²) in [6, 6.07) is 5.44. The highest BCUT2D eigenvalue weighted by atomic mass is 32.2. The van der Waals surface area contributed by atoms with Gasteiger partial charge in [-0.25, -0.2) is 8.42 Å². The number of hydrogen-bond donors (Lipinski definition) is 0. The predicted octanol–water partition coefficient (Wildman–Crippen LogP) is 2.32. The molecule has 0 N–H and O–H groups in total. The molecule has 0 aromatic heterocycles. The number of carbonyl (C=O) groups excluding carboxylic acids is 1. The van der Waals surface area contributed by atoms with Gasteiger partial charge >= 0.3 is 0 Å². The van der Waals surface area contributed by atoms with Crippen molar-refractivity contribution in [3.05, 3.63) is 29.3 Å². The first kappa shape index (κ1) is 13.3. The summed E-state index contributed by atoms with van der Waals surface area (Å²) in [7, 11) is -3.23. The van der Waals surface area contributed by atoms with Crippen LogP contribution in [0.15, 0.2) is 23.1 Å². The maximum atomic E-state index is 12.1. The Bertz CT molecular complexity index is 558. The molecule has 2 rings (SSSR count). The molecule has 98 valence electrons. The van der Waals surface area contributed by atoms with Crippen molar-refractivity contribution in [2.45, 2.75) is 43.9 Å². The number of benzene rings is 1. The van der Waals surface area contributed by atoms with Gasteiger partial charge in [-0.1, -0.05) is 6.07 Å². The van der Waals surface area contributed by atoms with Gasteiger partial charge in [-0.15, -0.1) is 0 Å². The molecule has 0 bridgehead atoms. The molecule has 0 saturated heterocycles. The molecule has 1 aliphatic rings. The van der Waals surface area contributed by atoms with Crippen LogP contribution in [0.25, 0.3) is 0 Å². The minimum absolute atomic E-state index is 0.0409. The van der Waals surface area contributed by atoms with E-state index in [1.165, 1.54) is 18.1 Å². The number of sulfone groups is 1. The van der Waals surface area contributed by atoms with Crippen molar-refractivity contribution in [2.24, 2.45) is 0 Å². The summed E-state index contributed by atoms with van der Waals surface area (Å²) in [5.41, 5.74) is 2.44. The summed E-state index contributed by atoms with van der Waals surface area (Å²) in [5.74, 6) is 0.102. The molecule has 0 saturated carbocycles. The maximum Gasteiger partial charge on any atom is 0.178 e. The molecular formula is C14H18O3S. The Kier molecular flexibility index (Phi) is 3.85. The van der Waals surface area contributed by atoms with Gasteiger partial charge in [0.25, 0.3) is 0 Å². The van der Waals surface area contributed by atoms with Crippen LogP contribution in [0.5, 0.6) is 0 Å². The zero-order chi connectivity index (χ0) is 13.2. The first-order valence-corrected chi connectivity index (χ1v) is 7.98. The van der Waals surface area contributed by atoms with E-state index in [9.17, 15) is 13.2 Å². The molecule has 4 heteroatoms. The molecule has 1 aliphatic carbocycles. The van der Waals surface area contributed by atoms with Gasteiger partial charge < -0.3 is 4.79 Å². The average molecular weight is 266 g/mol. The van der Waals surface area contributed by atoms with Crippen LogP contribution >= 0.6 is 0 Å². The fourth-order valence-corrected chi connectivity index (χ4v) is 3.73. The summed E-state index contributed by atoms with van der Waals surface area (Å²) < 4.78 is 24.2. The second-order valence-electron chi connectivity index (χ2n) is 4.91. The fraction of sp³-hybridized carbons (Fsp3) is 0.500. The maximum absolute atomic E-state index is 12.1. The lowest BCUT2D eigenvalue weighted by Crippen LogP contribution is -2.08. The van der Waals surface area contributed by atoms with Crippen LogP contribution in [-0.4, -0.2) is 20.0 Å². The highest BCUT2D eigenvalue weighted by Gasteiger charge is 2.18. The Morgan fingerprint density at radius 3 is 2.67 bits per heavy atom. The third kappa shape index (κ3) is 2.99. The van der Waals surface area contributed by atoms with Gasteiger partial charge in [-0.05, 0) is 55.9 Å². The summed E-state index contributed by atoms with van der Waals surface area (Å²) in [6.45, 7) is 1.49. The van der Waals surface area contributed by atoms with Crippen LogP contribution in [-0.2, 0) is 27.5 Å². The molecule has 0 atom stereocenters. The molecule has 18 heavy (non-hydrogen) atoms. The molecule has 0 fully saturated rings. The topological polar surface area (TPSA) is 51.2 Å². The van der Waals surface area contributed by atoms with Crippen molar-refractivity contribution >= 4 is 15.6 Å². The zero-order valence-corrected chi connectivity index (χ0v) is 11.4. The smallest absolute Gasteiger partial charge is 0.178 e. The minimum Gasteiger partial charge on any atom is -0.300 e. The lowest BCUT2D eigenvalue weighted by atomic mass is 10.1. The van der Waals surface area contributed by atoms with Crippen molar-refractivity contribution in [2.75, 3.05) is 5.75 Å². The van der Waals surface area contributed by atoms with E-state index in [1.807, 2.05) is 12.1 Å². The van der Waals surface area contributed by atoms with Crippen molar-refractivity contribution in [1.29, 1.82) is 0 Å². The standard InChI is InChI=1S/C14H18O3S/c1-11(15)4-3-9-18(16,17)14-8-7-12-5-2-6-13(12)10-14/h7-8,10H,2-6,9H2,1H3. The third-order valence-electron chi connectivity index (χ3n) is 3.37. The van der Waals surface area contributed by atoms with Gasteiger partial charge in [0.05, 0.1) is 10.6 Å². The van der Waals surface area contributed by atoms with Crippen LogP contribution in [0, 0.1) is 0 Å². The van der Waals surface area contributed by atoms with Crippen LogP contribution in [0.3, 0.4) is 0 Å². The van der Waals surface area contributed by atoms with Crippen molar-refractivity contribution in [3.8, 4) is 0 Å². The van der Waals surface area contributed by atoms with E-state index in [-0.39, 0.29) is 11.5 Å². The highest BCUT2D eigenvalue weighted by Crippen LogP contribution is 2.25. The molecule has 0 heterocycles. The first-order valence-electron chi connectivity index (χ1n) is 6.33. The molecule has 0 aliphatic heterocycles. The Morgan fingerprint density at radius 2 is 1.94 bits per heavy atom. The summed E-state index contributed by atoms with van der Waals surface area (Å²) in [5, 5.41) is 0. The van der Waals surface area contributed by atoms with Crippen LogP contribution < -0.4 is 0 Å². The summed E-state index contributed by atoms with van der Waals surface area (Å²) >= 11 is 0. The lowest BCUT2D eigenvalue weighted by Gasteiger charge is -2.06. The number of ketones is 1. The Balaban J connectivity index is 2.12. The Hall–Kier alpha value is -1.16. The first-order chi connectivity index (χ1) is 8.49. The van der Waals surface area contributed by atoms with Gasteiger partial charge in [-0.2, -0.15) is 0 Å². The molecule has 1 aromatic rings. The summed E-state index contributed by atoms with van der Waals surface area (Å²) in [4.78, 5) is 11.2. The van der Waals surface area contributed by atoms with Crippen molar-refractivity contribution < 1.29 is 13.2 Å². The van der Waals surface area contributed by atoms with E-state index in [2.05, 4.69) is 0 Å². The number of hydrogen-bond acceptors (Lipinski definition) is 3. The van der Waals surface area contributed by atoms with Crippen LogP contribution in [0.4, 0.5) is 0 Å². The van der Waals surface area contributed by atoms with E-state index >= 15 is 0 Å². The predicted molar refractivity (Wildman–Crippen MR) is 70.4 cm³/mol. The number of aryl methyl sites for hydroxylation is 2. The van der Waals surface area contributed by atoms with Gasteiger partial charge in [-0.3, -0.25) is 0 Å². The number of fused-ring (bicyclic) bond motifs is 1. The lowest BCUT2D eigenvalue weighted by molar-refractivity contribution is -0.117. The second-order valence-corrected chi connectivity index (χ2v) is 7.02. The van der Waals surface area contributed by atoms with Crippen molar-refractivity contribution in [1.82, 2.24) is 0 Å².